The third-order valence-electron chi connectivity index (χ3n) is 6.35. The molecular formula is C30H37Br2N3S2. The van der Waals surface area contributed by atoms with Crippen LogP contribution >= 0.6 is 55.4 Å². The van der Waals surface area contributed by atoms with E-state index < -0.39 is 5.41 Å². The van der Waals surface area contributed by atoms with Gasteiger partial charge in [-0.3, -0.25) is 0 Å². The van der Waals surface area contributed by atoms with E-state index >= 15 is 0 Å². The molecule has 0 N–H and O–H groups in total. The molecule has 7 heteroatoms. The molecule has 0 saturated carbocycles. The van der Waals surface area contributed by atoms with Gasteiger partial charge in [-0.2, -0.15) is 4.98 Å². The number of hydrogen-bond acceptors (Lipinski definition) is 5. The van der Waals surface area contributed by atoms with Gasteiger partial charge in [0.1, 0.15) is 5.82 Å². The summed E-state index contributed by atoms with van der Waals surface area (Å²) in [6.07, 6.45) is 5.72. The van der Waals surface area contributed by atoms with E-state index in [1.165, 1.54) is 41.5 Å². The van der Waals surface area contributed by atoms with Gasteiger partial charge in [0.15, 0.2) is 10.3 Å². The first kappa shape index (κ1) is 29.1. The van der Waals surface area contributed by atoms with Crippen molar-refractivity contribution in [3.8, 4) is 11.1 Å². The SMILES string of the molecule is CCCCCCC1(c2nc(SC(C)(C)C)nc(SC(C)(C)C)n2)c2cc(Br)ccc2-c2ccc(Br)cc21. The third-order valence-corrected chi connectivity index (χ3v) is 9.29. The Kier molecular flexibility index (Phi) is 8.89. The lowest BCUT2D eigenvalue weighted by atomic mass is 9.73. The predicted molar refractivity (Wildman–Crippen MR) is 167 cm³/mol. The van der Waals surface area contributed by atoms with Crippen molar-refractivity contribution in [3.63, 3.8) is 0 Å². The number of unbranched alkanes of at least 4 members (excludes halogenated alkanes) is 3. The van der Waals surface area contributed by atoms with Crippen LogP contribution in [0.5, 0.6) is 0 Å². The lowest BCUT2D eigenvalue weighted by Gasteiger charge is -2.32. The van der Waals surface area contributed by atoms with Crippen LogP contribution in [0.2, 0.25) is 0 Å². The molecule has 0 spiro atoms. The second-order valence-corrected chi connectivity index (χ2v) is 17.2. The molecule has 0 radical (unpaired) electrons. The van der Waals surface area contributed by atoms with Gasteiger partial charge in [0, 0.05) is 18.4 Å². The second kappa shape index (κ2) is 11.3. The fraction of sp³-hybridized carbons (Fsp3) is 0.500. The Labute approximate surface area is 248 Å². The topological polar surface area (TPSA) is 38.7 Å². The summed E-state index contributed by atoms with van der Waals surface area (Å²) in [6.45, 7) is 15.6. The first-order valence-electron chi connectivity index (χ1n) is 13.1. The lowest BCUT2D eigenvalue weighted by molar-refractivity contribution is 0.478. The van der Waals surface area contributed by atoms with Crippen molar-refractivity contribution in [2.75, 3.05) is 0 Å². The fourth-order valence-electron chi connectivity index (χ4n) is 4.96. The maximum Gasteiger partial charge on any atom is 0.192 e. The zero-order chi connectivity index (χ0) is 27.0. The highest BCUT2D eigenvalue weighted by molar-refractivity contribution is 9.10. The van der Waals surface area contributed by atoms with E-state index in [-0.39, 0.29) is 9.49 Å². The highest BCUT2D eigenvalue weighted by Crippen LogP contribution is 2.55. The Morgan fingerprint density at radius 3 is 1.62 bits per heavy atom. The standard InChI is InChI=1S/C30H37Br2N3S2/c1-8-9-10-11-16-30(23-17-19(31)12-14-21(23)22-15-13-20(32)18-24(22)30)25-33-26(36-28(2,3)4)35-27(34-25)37-29(5,6)7/h12-15,17-18H,8-11,16H2,1-7H3. The molecule has 0 saturated heterocycles. The average Bonchev–Trinajstić information content (AvgIpc) is 3.03. The summed E-state index contributed by atoms with van der Waals surface area (Å²) < 4.78 is 2.15. The minimum atomic E-state index is -0.435. The number of benzene rings is 2. The highest BCUT2D eigenvalue weighted by atomic mass is 79.9. The van der Waals surface area contributed by atoms with Crippen molar-refractivity contribution >= 4 is 55.4 Å². The minimum absolute atomic E-state index is 0.00582. The van der Waals surface area contributed by atoms with E-state index in [0.29, 0.717) is 0 Å². The summed E-state index contributed by atoms with van der Waals surface area (Å²) in [6, 6.07) is 13.4. The molecule has 1 aromatic heterocycles. The van der Waals surface area contributed by atoms with Crippen molar-refractivity contribution in [3.05, 3.63) is 62.3 Å². The first-order chi connectivity index (χ1) is 17.3. The third kappa shape index (κ3) is 6.64. The van der Waals surface area contributed by atoms with Gasteiger partial charge in [0.25, 0.3) is 0 Å². The highest BCUT2D eigenvalue weighted by Gasteiger charge is 2.47. The Morgan fingerprint density at radius 1 is 0.703 bits per heavy atom. The fourth-order valence-corrected chi connectivity index (χ4v) is 7.36. The molecule has 2 aromatic carbocycles. The number of fused-ring (bicyclic) bond motifs is 3. The van der Waals surface area contributed by atoms with E-state index in [9.17, 15) is 0 Å². The van der Waals surface area contributed by atoms with Gasteiger partial charge in [0.05, 0.1) is 5.41 Å². The molecule has 1 heterocycles. The molecule has 0 bridgehead atoms. The van der Waals surface area contributed by atoms with Crippen molar-refractivity contribution in [2.45, 2.75) is 106 Å². The predicted octanol–water partition coefficient (Wildman–Crippen LogP) is 10.5. The van der Waals surface area contributed by atoms with Gasteiger partial charge in [-0.05, 0) is 52.9 Å². The van der Waals surface area contributed by atoms with Crippen LogP contribution in [0.25, 0.3) is 11.1 Å². The molecule has 4 rings (SSSR count). The lowest BCUT2D eigenvalue weighted by Crippen LogP contribution is -2.31. The Bertz CT molecular complexity index is 1190. The Hall–Kier alpha value is -0.890. The van der Waals surface area contributed by atoms with Gasteiger partial charge >= 0.3 is 0 Å². The van der Waals surface area contributed by atoms with Crippen LogP contribution in [0.3, 0.4) is 0 Å². The van der Waals surface area contributed by atoms with E-state index in [1.54, 1.807) is 23.5 Å². The number of aromatic nitrogens is 3. The number of halogens is 2. The maximum absolute atomic E-state index is 5.26. The first-order valence-corrected chi connectivity index (χ1v) is 16.3. The van der Waals surface area contributed by atoms with Crippen LogP contribution in [0.1, 0.15) is 97.5 Å². The van der Waals surface area contributed by atoms with Gasteiger partial charge in [0.2, 0.25) is 0 Å². The maximum atomic E-state index is 5.26. The number of nitrogens with zero attached hydrogens (tertiary/aromatic N) is 3. The molecule has 198 valence electrons. The van der Waals surface area contributed by atoms with Crippen molar-refractivity contribution < 1.29 is 0 Å². The van der Waals surface area contributed by atoms with Crippen molar-refractivity contribution in [1.82, 2.24) is 15.0 Å². The number of thioether (sulfide) groups is 2. The van der Waals surface area contributed by atoms with E-state index in [4.69, 9.17) is 15.0 Å². The largest absolute Gasteiger partial charge is 0.206 e. The van der Waals surface area contributed by atoms with Gasteiger partial charge in [-0.15, -0.1) is 0 Å². The van der Waals surface area contributed by atoms with Crippen LogP contribution in [-0.2, 0) is 5.41 Å². The zero-order valence-corrected chi connectivity index (χ0v) is 27.7. The van der Waals surface area contributed by atoms with E-state index in [2.05, 4.69) is 117 Å². The summed E-state index contributed by atoms with van der Waals surface area (Å²) in [4.78, 5) is 15.5. The molecule has 0 aliphatic heterocycles. The molecule has 0 atom stereocenters. The molecule has 1 aliphatic carbocycles. The Morgan fingerprint density at radius 2 is 1.19 bits per heavy atom. The van der Waals surface area contributed by atoms with Gasteiger partial charge in [-0.25, -0.2) is 9.97 Å². The summed E-state index contributed by atoms with van der Waals surface area (Å²) in [7, 11) is 0. The van der Waals surface area contributed by atoms with Crippen LogP contribution in [-0.4, -0.2) is 24.4 Å². The minimum Gasteiger partial charge on any atom is -0.206 e. The Balaban J connectivity index is 2.02. The summed E-state index contributed by atoms with van der Waals surface area (Å²) in [5, 5.41) is 1.61. The molecule has 3 aromatic rings. The van der Waals surface area contributed by atoms with E-state index in [1.807, 2.05) is 0 Å². The number of hydrogen-bond donors (Lipinski definition) is 0. The van der Waals surface area contributed by atoms with Crippen LogP contribution in [0.4, 0.5) is 0 Å². The van der Waals surface area contributed by atoms with Crippen LogP contribution < -0.4 is 0 Å². The molecule has 0 fully saturated rings. The average molecular weight is 664 g/mol. The number of rotatable bonds is 8. The van der Waals surface area contributed by atoms with Crippen molar-refractivity contribution in [2.24, 2.45) is 0 Å². The molecule has 37 heavy (non-hydrogen) atoms. The monoisotopic (exact) mass is 661 g/mol. The van der Waals surface area contributed by atoms with Crippen molar-refractivity contribution in [1.29, 1.82) is 0 Å². The molecule has 1 aliphatic rings. The normalized spacial score (nSPS) is 14.5. The van der Waals surface area contributed by atoms with Gasteiger partial charge < -0.3 is 0 Å². The van der Waals surface area contributed by atoms with Gasteiger partial charge in [-0.1, -0.05) is 142 Å². The van der Waals surface area contributed by atoms with Crippen LogP contribution in [0, 0.1) is 0 Å². The molecular weight excluding hydrogens is 626 g/mol. The summed E-state index contributed by atoms with van der Waals surface area (Å²) >= 11 is 11.0. The molecule has 0 amide bonds. The van der Waals surface area contributed by atoms with Crippen LogP contribution in [0.15, 0.2) is 55.7 Å². The summed E-state index contributed by atoms with van der Waals surface area (Å²) in [5.41, 5.74) is 4.69. The summed E-state index contributed by atoms with van der Waals surface area (Å²) in [5.74, 6) is 0.869. The zero-order valence-electron chi connectivity index (χ0n) is 22.9. The second-order valence-electron chi connectivity index (χ2n) is 11.7. The quantitative estimate of drug-likeness (QED) is 0.177. The van der Waals surface area contributed by atoms with E-state index in [0.717, 1.165) is 37.9 Å². The smallest absolute Gasteiger partial charge is 0.192 e. The molecule has 0 unspecified atom stereocenters. The molecule has 3 nitrogen and oxygen atoms in total.